The molecule has 0 saturated heterocycles. The van der Waals surface area contributed by atoms with Gasteiger partial charge in [0.15, 0.2) is 0 Å². The molecule has 2 atom stereocenters. The standard InChI is InChI=1S/C19H36/c1-17(2,3)19(18(4,5)6)13-9-12-15-10-7-8-11-16(15)14-19/h15-16H,7-14H2,1-6H3. The summed E-state index contributed by atoms with van der Waals surface area (Å²) in [5.74, 6) is 2.08. The second-order valence-corrected chi connectivity index (χ2v) is 9.48. The van der Waals surface area contributed by atoms with Crippen molar-refractivity contribution >= 4 is 0 Å². The van der Waals surface area contributed by atoms with Crippen LogP contribution in [0.5, 0.6) is 0 Å². The smallest absolute Gasteiger partial charge is 0.0198 e. The molecule has 0 heteroatoms. The van der Waals surface area contributed by atoms with Crippen molar-refractivity contribution in [1.29, 1.82) is 0 Å². The third-order valence-electron chi connectivity index (χ3n) is 6.73. The molecule has 0 aromatic heterocycles. The Morgan fingerprint density at radius 2 is 1.16 bits per heavy atom. The van der Waals surface area contributed by atoms with Crippen molar-refractivity contribution in [3.8, 4) is 0 Å². The fraction of sp³-hybridized carbons (Fsp3) is 1.00. The topological polar surface area (TPSA) is 0 Å². The molecule has 2 rings (SSSR count). The van der Waals surface area contributed by atoms with Gasteiger partial charge in [-0.25, -0.2) is 0 Å². The van der Waals surface area contributed by atoms with Gasteiger partial charge < -0.3 is 0 Å². The van der Waals surface area contributed by atoms with Crippen LogP contribution in [0.4, 0.5) is 0 Å². The molecule has 0 aromatic rings. The zero-order valence-electron chi connectivity index (χ0n) is 14.3. The predicted octanol–water partition coefficient (Wildman–Crippen LogP) is 6.45. The molecule has 0 aromatic carbocycles. The van der Waals surface area contributed by atoms with Gasteiger partial charge in [0, 0.05) is 0 Å². The second-order valence-electron chi connectivity index (χ2n) is 9.48. The van der Waals surface area contributed by atoms with E-state index in [0.29, 0.717) is 16.2 Å². The number of hydrogen-bond donors (Lipinski definition) is 0. The Morgan fingerprint density at radius 3 is 1.68 bits per heavy atom. The second kappa shape index (κ2) is 5.08. The Hall–Kier alpha value is 0. The molecule has 0 amide bonds. The first-order valence-electron chi connectivity index (χ1n) is 8.67. The van der Waals surface area contributed by atoms with Gasteiger partial charge in [0.1, 0.15) is 0 Å². The van der Waals surface area contributed by atoms with E-state index in [0.717, 1.165) is 11.8 Å². The molecule has 2 aliphatic rings. The molecule has 0 spiro atoms. The lowest BCUT2D eigenvalue weighted by atomic mass is 9.49. The maximum Gasteiger partial charge on any atom is -0.0198 e. The first-order valence-corrected chi connectivity index (χ1v) is 8.67. The van der Waals surface area contributed by atoms with Gasteiger partial charge in [0.05, 0.1) is 0 Å². The summed E-state index contributed by atoms with van der Waals surface area (Å²) in [6.07, 6.45) is 11.9. The lowest BCUT2D eigenvalue weighted by molar-refractivity contribution is -0.0613. The SMILES string of the molecule is CC(C)(C)C1(C(C)(C)C)CCCC2CCCCC2C1. The van der Waals surface area contributed by atoms with Gasteiger partial charge >= 0.3 is 0 Å². The van der Waals surface area contributed by atoms with E-state index in [-0.39, 0.29) is 0 Å². The minimum absolute atomic E-state index is 0.428. The molecule has 0 radical (unpaired) electrons. The van der Waals surface area contributed by atoms with Crippen molar-refractivity contribution in [2.45, 2.75) is 92.9 Å². The number of rotatable bonds is 0. The normalized spacial score (nSPS) is 32.5. The summed E-state index contributed by atoms with van der Waals surface area (Å²) in [6.45, 7) is 15.0. The van der Waals surface area contributed by atoms with Crippen LogP contribution < -0.4 is 0 Å². The summed E-state index contributed by atoms with van der Waals surface area (Å²) in [7, 11) is 0. The highest BCUT2D eigenvalue weighted by Gasteiger charge is 2.52. The molecular formula is C19H36. The van der Waals surface area contributed by atoms with Crippen LogP contribution in [0, 0.1) is 28.1 Å². The van der Waals surface area contributed by atoms with E-state index in [1.54, 1.807) is 0 Å². The van der Waals surface area contributed by atoms with Gasteiger partial charge in [-0.05, 0) is 40.9 Å². The van der Waals surface area contributed by atoms with E-state index < -0.39 is 0 Å². The molecule has 0 N–H and O–H groups in total. The molecule has 2 unspecified atom stereocenters. The first kappa shape index (κ1) is 15.4. The highest BCUT2D eigenvalue weighted by atomic mass is 14.6. The van der Waals surface area contributed by atoms with Gasteiger partial charge in [-0.3, -0.25) is 0 Å². The average Bonchev–Trinajstić information content (AvgIpc) is 2.46. The molecule has 112 valence electrons. The average molecular weight is 264 g/mol. The Balaban J connectivity index is 2.33. The highest BCUT2D eigenvalue weighted by Crippen LogP contribution is 2.61. The Labute approximate surface area is 121 Å². The van der Waals surface area contributed by atoms with Crippen molar-refractivity contribution in [1.82, 2.24) is 0 Å². The van der Waals surface area contributed by atoms with E-state index in [2.05, 4.69) is 41.5 Å². The maximum absolute atomic E-state index is 2.50. The van der Waals surface area contributed by atoms with Crippen LogP contribution in [0.3, 0.4) is 0 Å². The van der Waals surface area contributed by atoms with Crippen LogP contribution in [0.25, 0.3) is 0 Å². The van der Waals surface area contributed by atoms with Gasteiger partial charge in [0.2, 0.25) is 0 Å². The number of fused-ring (bicyclic) bond motifs is 1. The Morgan fingerprint density at radius 1 is 0.684 bits per heavy atom. The van der Waals surface area contributed by atoms with Crippen LogP contribution in [-0.2, 0) is 0 Å². The van der Waals surface area contributed by atoms with Crippen LogP contribution in [0.1, 0.15) is 92.9 Å². The third-order valence-corrected chi connectivity index (χ3v) is 6.73. The Kier molecular flexibility index (Phi) is 4.11. The molecular weight excluding hydrogens is 228 g/mol. The summed E-state index contributed by atoms with van der Waals surface area (Å²) < 4.78 is 0. The monoisotopic (exact) mass is 264 g/mol. The van der Waals surface area contributed by atoms with Crippen molar-refractivity contribution in [2.75, 3.05) is 0 Å². The predicted molar refractivity (Wildman–Crippen MR) is 85.3 cm³/mol. The summed E-state index contributed by atoms with van der Waals surface area (Å²) in [6, 6.07) is 0. The molecule has 19 heavy (non-hydrogen) atoms. The number of hydrogen-bond acceptors (Lipinski definition) is 0. The minimum Gasteiger partial charge on any atom is -0.0596 e. The van der Waals surface area contributed by atoms with Gasteiger partial charge in [-0.2, -0.15) is 0 Å². The van der Waals surface area contributed by atoms with Crippen molar-refractivity contribution in [3.05, 3.63) is 0 Å². The molecule has 2 saturated carbocycles. The summed E-state index contributed by atoms with van der Waals surface area (Å²) >= 11 is 0. The van der Waals surface area contributed by atoms with E-state index in [4.69, 9.17) is 0 Å². The molecule has 2 aliphatic carbocycles. The third kappa shape index (κ3) is 2.74. The van der Waals surface area contributed by atoms with E-state index in [9.17, 15) is 0 Å². The largest absolute Gasteiger partial charge is 0.0596 e. The molecule has 2 fully saturated rings. The van der Waals surface area contributed by atoms with Crippen LogP contribution in [0.15, 0.2) is 0 Å². The van der Waals surface area contributed by atoms with Crippen molar-refractivity contribution in [2.24, 2.45) is 28.1 Å². The van der Waals surface area contributed by atoms with Gasteiger partial charge in [-0.1, -0.05) is 80.1 Å². The van der Waals surface area contributed by atoms with Crippen molar-refractivity contribution in [3.63, 3.8) is 0 Å². The highest BCUT2D eigenvalue weighted by molar-refractivity contribution is 5.02. The summed E-state index contributed by atoms with van der Waals surface area (Å²) in [5, 5.41) is 0. The zero-order valence-corrected chi connectivity index (χ0v) is 14.3. The van der Waals surface area contributed by atoms with Gasteiger partial charge in [0.25, 0.3) is 0 Å². The maximum atomic E-state index is 2.50. The summed E-state index contributed by atoms with van der Waals surface area (Å²) in [4.78, 5) is 0. The molecule has 0 bridgehead atoms. The van der Waals surface area contributed by atoms with Crippen LogP contribution in [0.2, 0.25) is 0 Å². The quantitative estimate of drug-likeness (QED) is 0.472. The van der Waals surface area contributed by atoms with Crippen molar-refractivity contribution < 1.29 is 0 Å². The van der Waals surface area contributed by atoms with Gasteiger partial charge in [-0.15, -0.1) is 0 Å². The molecule has 0 aliphatic heterocycles. The first-order chi connectivity index (χ1) is 8.67. The van der Waals surface area contributed by atoms with E-state index in [1.807, 2.05) is 0 Å². The lowest BCUT2D eigenvalue weighted by Gasteiger charge is -2.55. The van der Waals surface area contributed by atoms with E-state index >= 15 is 0 Å². The minimum atomic E-state index is 0.428. The fourth-order valence-corrected chi connectivity index (χ4v) is 5.64. The summed E-state index contributed by atoms with van der Waals surface area (Å²) in [5.41, 5.74) is 1.38. The molecule has 0 nitrogen and oxygen atoms in total. The zero-order chi connectivity index (χ0) is 14.3. The van der Waals surface area contributed by atoms with E-state index in [1.165, 1.54) is 51.4 Å². The van der Waals surface area contributed by atoms with Crippen LogP contribution >= 0.6 is 0 Å². The van der Waals surface area contributed by atoms with Crippen LogP contribution in [-0.4, -0.2) is 0 Å². The molecule has 0 heterocycles. The Bertz CT molecular complexity index is 285. The fourth-order valence-electron chi connectivity index (χ4n) is 5.64. The lowest BCUT2D eigenvalue weighted by Crippen LogP contribution is -2.47.